The van der Waals surface area contributed by atoms with Crippen molar-refractivity contribution in [2.45, 2.75) is 52.7 Å². The summed E-state index contributed by atoms with van der Waals surface area (Å²) in [5, 5.41) is 6.18. The molecule has 0 aliphatic rings. The van der Waals surface area contributed by atoms with Crippen molar-refractivity contribution in [2.75, 3.05) is 6.54 Å². The second kappa shape index (κ2) is 7.87. The summed E-state index contributed by atoms with van der Waals surface area (Å²) in [6.07, 6.45) is 5.71. The number of imidazole rings is 1. The molecule has 0 saturated heterocycles. The molecule has 5 nitrogen and oxygen atoms in total. The van der Waals surface area contributed by atoms with Gasteiger partial charge in [0.2, 0.25) is 5.91 Å². The summed E-state index contributed by atoms with van der Waals surface area (Å²) < 4.78 is 1.82. The van der Waals surface area contributed by atoms with Gasteiger partial charge in [-0.3, -0.25) is 4.79 Å². The van der Waals surface area contributed by atoms with E-state index in [1.54, 1.807) is 6.33 Å². The second-order valence-electron chi connectivity index (χ2n) is 4.57. The Kier molecular flexibility index (Phi) is 6.43. The third kappa shape index (κ3) is 5.31. The molecule has 1 aromatic rings. The third-order valence-electron chi connectivity index (χ3n) is 2.70. The average molecular weight is 252 g/mol. The summed E-state index contributed by atoms with van der Waals surface area (Å²) in [5.41, 5.74) is 0.964. The standard InChI is InChI=1S/C13H24N4O/c1-4-6-11(3)16-13(18)9-17-8-12(15-10-17)7-14-5-2/h8,10-11,14H,4-7,9H2,1-3H3,(H,16,18). The van der Waals surface area contributed by atoms with Crippen molar-refractivity contribution < 1.29 is 4.79 Å². The first-order chi connectivity index (χ1) is 8.65. The maximum absolute atomic E-state index is 11.7. The van der Waals surface area contributed by atoms with Gasteiger partial charge in [0.15, 0.2) is 0 Å². The van der Waals surface area contributed by atoms with Crippen molar-refractivity contribution in [1.29, 1.82) is 0 Å². The molecule has 5 heteroatoms. The molecule has 0 bridgehead atoms. The molecule has 102 valence electrons. The Morgan fingerprint density at radius 3 is 2.94 bits per heavy atom. The number of nitrogens with one attached hydrogen (secondary N) is 2. The molecule has 18 heavy (non-hydrogen) atoms. The summed E-state index contributed by atoms with van der Waals surface area (Å²) in [4.78, 5) is 16.0. The van der Waals surface area contributed by atoms with Crippen LogP contribution in [0.1, 0.15) is 39.3 Å². The van der Waals surface area contributed by atoms with E-state index >= 15 is 0 Å². The molecule has 1 unspecified atom stereocenters. The Morgan fingerprint density at radius 1 is 1.50 bits per heavy atom. The van der Waals surface area contributed by atoms with E-state index in [4.69, 9.17) is 0 Å². The fourth-order valence-electron chi connectivity index (χ4n) is 1.83. The zero-order valence-electron chi connectivity index (χ0n) is 11.6. The molecular weight excluding hydrogens is 228 g/mol. The van der Waals surface area contributed by atoms with E-state index in [9.17, 15) is 4.79 Å². The van der Waals surface area contributed by atoms with E-state index in [0.717, 1.165) is 31.6 Å². The lowest BCUT2D eigenvalue weighted by Crippen LogP contribution is -2.34. The lowest BCUT2D eigenvalue weighted by Gasteiger charge is -2.12. The van der Waals surface area contributed by atoms with Gasteiger partial charge in [0.05, 0.1) is 12.0 Å². The normalized spacial score (nSPS) is 12.4. The van der Waals surface area contributed by atoms with Crippen LogP contribution in [0, 0.1) is 0 Å². The maximum atomic E-state index is 11.7. The van der Waals surface area contributed by atoms with Crippen LogP contribution in [0.15, 0.2) is 12.5 Å². The van der Waals surface area contributed by atoms with Gasteiger partial charge in [0.25, 0.3) is 0 Å². The van der Waals surface area contributed by atoms with Gasteiger partial charge in [-0.1, -0.05) is 20.3 Å². The fourth-order valence-corrected chi connectivity index (χ4v) is 1.83. The average Bonchev–Trinajstić information content (AvgIpc) is 2.74. The van der Waals surface area contributed by atoms with E-state index in [0.29, 0.717) is 6.54 Å². The highest BCUT2D eigenvalue weighted by atomic mass is 16.2. The van der Waals surface area contributed by atoms with Gasteiger partial charge < -0.3 is 15.2 Å². The van der Waals surface area contributed by atoms with Crippen molar-refractivity contribution in [3.63, 3.8) is 0 Å². The van der Waals surface area contributed by atoms with Crippen LogP contribution in [0.4, 0.5) is 0 Å². The predicted molar refractivity (Wildman–Crippen MR) is 72.1 cm³/mol. The molecule has 1 aromatic heterocycles. The smallest absolute Gasteiger partial charge is 0.240 e. The van der Waals surface area contributed by atoms with Gasteiger partial charge in [-0.25, -0.2) is 4.98 Å². The summed E-state index contributed by atoms with van der Waals surface area (Å²) in [6.45, 7) is 8.21. The van der Waals surface area contributed by atoms with Crippen LogP contribution in [-0.4, -0.2) is 28.0 Å². The minimum Gasteiger partial charge on any atom is -0.352 e. The molecule has 1 heterocycles. The van der Waals surface area contributed by atoms with Crippen molar-refractivity contribution in [1.82, 2.24) is 20.2 Å². The molecule has 1 atom stereocenters. The molecule has 0 saturated carbocycles. The van der Waals surface area contributed by atoms with Gasteiger partial charge >= 0.3 is 0 Å². The zero-order chi connectivity index (χ0) is 13.4. The molecule has 2 N–H and O–H groups in total. The number of nitrogens with zero attached hydrogens (tertiary/aromatic N) is 2. The molecule has 1 rings (SSSR count). The molecule has 0 fully saturated rings. The van der Waals surface area contributed by atoms with Crippen molar-refractivity contribution >= 4 is 5.91 Å². The molecule has 0 radical (unpaired) electrons. The highest BCUT2D eigenvalue weighted by Gasteiger charge is 2.07. The summed E-state index contributed by atoms with van der Waals surface area (Å²) in [7, 11) is 0. The monoisotopic (exact) mass is 252 g/mol. The number of aromatic nitrogens is 2. The van der Waals surface area contributed by atoms with E-state index in [2.05, 4.69) is 29.5 Å². The number of hydrogen-bond donors (Lipinski definition) is 2. The molecular formula is C13H24N4O. The summed E-state index contributed by atoms with van der Waals surface area (Å²) >= 11 is 0. The Hall–Kier alpha value is -1.36. The first kappa shape index (κ1) is 14.7. The molecule has 0 aliphatic carbocycles. The van der Waals surface area contributed by atoms with Crippen LogP contribution in [0.5, 0.6) is 0 Å². The van der Waals surface area contributed by atoms with Crippen LogP contribution < -0.4 is 10.6 Å². The number of amides is 1. The van der Waals surface area contributed by atoms with Gasteiger partial charge in [-0.2, -0.15) is 0 Å². The highest BCUT2D eigenvalue weighted by Crippen LogP contribution is 1.98. The number of carbonyl (C=O) groups is 1. The van der Waals surface area contributed by atoms with Crippen LogP contribution >= 0.6 is 0 Å². The topological polar surface area (TPSA) is 59.0 Å². The highest BCUT2D eigenvalue weighted by molar-refractivity contribution is 5.75. The predicted octanol–water partition coefficient (Wildman–Crippen LogP) is 1.30. The van der Waals surface area contributed by atoms with Gasteiger partial charge in [0, 0.05) is 18.8 Å². The minimum absolute atomic E-state index is 0.0448. The molecule has 0 aromatic carbocycles. The van der Waals surface area contributed by atoms with E-state index in [1.165, 1.54) is 0 Å². The van der Waals surface area contributed by atoms with Crippen LogP contribution in [0.25, 0.3) is 0 Å². The van der Waals surface area contributed by atoms with Crippen LogP contribution in [0.3, 0.4) is 0 Å². The molecule has 0 aliphatic heterocycles. The summed E-state index contributed by atoms with van der Waals surface area (Å²) in [6, 6.07) is 0.243. The number of carbonyl (C=O) groups excluding carboxylic acids is 1. The molecule has 0 spiro atoms. The fraction of sp³-hybridized carbons (Fsp3) is 0.692. The van der Waals surface area contributed by atoms with E-state index in [1.807, 2.05) is 17.7 Å². The van der Waals surface area contributed by atoms with Crippen molar-refractivity contribution in [3.8, 4) is 0 Å². The van der Waals surface area contributed by atoms with E-state index in [-0.39, 0.29) is 11.9 Å². The van der Waals surface area contributed by atoms with Gasteiger partial charge in [0.1, 0.15) is 6.54 Å². The third-order valence-corrected chi connectivity index (χ3v) is 2.70. The second-order valence-corrected chi connectivity index (χ2v) is 4.57. The minimum atomic E-state index is 0.0448. The lowest BCUT2D eigenvalue weighted by molar-refractivity contribution is -0.122. The Bertz CT molecular complexity index is 362. The quantitative estimate of drug-likeness (QED) is 0.733. The first-order valence-corrected chi connectivity index (χ1v) is 6.66. The van der Waals surface area contributed by atoms with Crippen LogP contribution in [0.2, 0.25) is 0 Å². The number of hydrogen-bond acceptors (Lipinski definition) is 3. The Balaban J connectivity index is 2.37. The SMILES string of the molecule is CCCC(C)NC(=O)Cn1cnc(CNCC)c1. The van der Waals surface area contributed by atoms with Crippen LogP contribution in [-0.2, 0) is 17.9 Å². The van der Waals surface area contributed by atoms with Crippen molar-refractivity contribution in [3.05, 3.63) is 18.2 Å². The maximum Gasteiger partial charge on any atom is 0.240 e. The first-order valence-electron chi connectivity index (χ1n) is 6.66. The largest absolute Gasteiger partial charge is 0.352 e. The van der Waals surface area contributed by atoms with Gasteiger partial charge in [-0.05, 0) is 19.9 Å². The van der Waals surface area contributed by atoms with E-state index < -0.39 is 0 Å². The molecule has 1 amide bonds. The van der Waals surface area contributed by atoms with Crippen molar-refractivity contribution in [2.24, 2.45) is 0 Å². The Labute approximate surface area is 109 Å². The summed E-state index contributed by atoms with van der Waals surface area (Å²) in [5.74, 6) is 0.0448. The Morgan fingerprint density at radius 2 is 2.28 bits per heavy atom. The zero-order valence-corrected chi connectivity index (χ0v) is 11.6. The van der Waals surface area contributed by atoms with Gasteiger partial charge in [-0.15, -0.1) is 0 Å². The number of rotatable bonds is 8. The lowest BCUT2D eigenvalue weighted by atomic mass is 10.2.